The van der Waals surface area contributed by atoms with Crippen LogP contribution in [0.15, 0.2) is 30.5 Å². The molecule has 0 atom stereocenters. The number of nitrogens with zero attached hydrogens (tertiary/aromatic N) is 3. The average molecular weight is 500 g/mol. The van der Waals surface area contributed by atoms with Crippen molar-refractivity contribution >= 4 is 51.9 Å². The molecule has 0 aliphatic carbocycles. The second-order valence-electron chi connectivity index (χ2n) is 7.11. The zero-order valence-electron chi connectivity index (χ0n) is 15.0. The summed E-state index contributed by atoms with van der Waals surface area (Å²) in [5.74, 6) is 2.38. The predicted molar refractivity (Wildman–Crippen MR) is 117 cm³/mol. The largest absolute Gasteiger partial charge is 0.381 e. The smallest absolute Gasteiger partial charge is 0.229 e. The van der Waals surface area contributed by atoms with Crippen LogP contribution in [-0.4, -0.2) is 45.9 Å². The van der Waals surface area contributed by atoms with Crippen molar-refractivity contribution in [3.63, 3.8) is 0 Å². The van der Waals surface area contributed by atoms with Gasteiger partial charge in [0.2, 0.25) is 5.95 Å². The maximum Gasteiger partial charge on any atom is 0.229 e. The lowest BCUT2D eigenvalue weighted by Gasteiger charge is -2.27. The highest BCUT2D eigenvalue weighted by molar-refractivity contribution is 14.1. The molecule has 0 unspecified atom stereocenters. The van der Waals surface area contributed by atoms with E-state index in [9.17, 15) is 0 Å². The van der Waals surface area contributed by atoms with Crippen LogP contribution >= 0.6 is 34.5 Å². The third kappa shape index (κ3) is 5.01. The third-order valence-electron chi connectivity index (χ3n) is 5.09. The number of anilines is 3. The maximum atomic E-state index is 6.21. The molecule has 0 bridgehead atoms. The molecule has 2 aliphatic rings. The Labute approximate surface area is 178 Å². The topological polar surface area (TPSA) is 62.3 Å². The van der Waals surface area contributed by atoms with E-state index < -0.39 is 0 Å². The summed E-state index contributed by atoms with van der Waals surface area (Å²) in [6.45, 7) is 4.72. The first-order chi connectivity index (χ1) is 13.2. The molecule has 2 N–H and O–H groups in total. The summed E-state index contributed by atoms with van der Waals surface area (Å²) in [6.07, 6.45) is 4.07. The SMILES string of the molecule is Clc1cnc(Nc2ccc(C3CCN(I)CC3)cc2)nc1NCC1COC1. The Hall–Kier alpha value is -1.16. The number of piperidine rings is 1. The zero-order chi connectivity index (χ0) is 18.6. The molecular weight excluding hydrogens is 477 g/mol. The van der Waals surface area contributed by atoms with Crippen LogP contribution < -0.4 is 10.6 Å². The van der Waals surface area contributed by atoms with Crippen LogP contribution in [0.2, 0.25) is 5.02 Å². The number of hydrogen-bond donors (Lipinski definition) is 2. The Morgan fingerprint density at radius 2 is 1.93 bits per heavy atom. The van der Waals surface area contributed by atoms with Crippen molar-refractivity contribution in [1.82, 2.24) is 13.1 Å². The van der Waals surface area contributed by atoms with Crippen LogP contribution in [0.4, 0.5) is 17.5 Å². The van der Waals surface area contributed by atoms with Gasteiger partial charge in [-0.3, -0.25) is 0 Å². The maximum absolute atomic E-state index is 6.21. The van der Waals surface area contributed by atoms with Gasteiger partial charge in [0.05, 0.1) is 19.4 Å². The lowest BCUT2D eigenvalue weighted by Crippen LogP contribution is -2.33. The summed E-state index contributed by atoms with van der Waals surface area (Å²) >= 11 is 8.62. The molecule has 8 heteroatoms. The number of ether oxygens (including phenoxy) is 1. The molecule has 0 amide bonds. The first kappa shape index (κ1) is 19.2. The van der Waals surface area contributed by atoms with Gasteiger partial charge in [-0.15, -0.1) is 0 Å². The Kier molecular flexibility index (Phi) is 6.31. The van der Waals surface area contributed by atoms with Crippen molar-refractivity contribution in [1.29, 1.82) is 0 Å². The highest BCUT2D eigenvalue weighted by Crippen LogP contribution is 2.30. The first-order valence-corrected chi connectivity index (χ1v) is 10.6. The Bertz CT molecular complexity index is 763. The normalized spacial score (nSPS) is 18.9. The molecule has 0 spiro atoms. The van der Waals surface area contributed by atoms with Crippen LogP contribution in [0, 0.1) is 5.92 Å². The molecule has 1 aromatic carbocycles. The number of benzene rings is 1. The van der Waals surface area contributed by atoms with E-state index >= 15 is 0 Å². The minimum Gasteiger partial charge on any atom is -0.381 e. The van der Waals surface area contributed by atoms with Gasteiger partial charge in [-0.2, -0.15) is 4.98 Å². The van der Waals surface area contributed by atoms with Crippen molar-refractivity contribution in [3.05, 3.63) is 41.0 Å². The predicted octanol–water partition coefficient (Wildman–Crippen LogP) is 4.46. The van der Waals surface area contributed by atoms with Crippen LogP contribution in [0.3, 0.4) is 0 Å². The van der Waals surface area contributed by atoms with Gasteiger partial charge in [0, 0.05) is 54.1 Å². The fourth-order valence-corrected chi connectivity index (χ4v) is 4.06. The summed E-state index contributed by atoms with van der Waals surface area (Å²) in [5, 5.41) is 7.08. The fraction of sp³-hybridized carbons (Fsp3) is 0.474. The third-order valence-corrected chi connectivity index (χ3v) is 6.33. The van der Waals surface area contributed by atoms with Crippen molar-refractivity contribution in [3.8, 4) is 0 Å². The quantitative estimate of drug-likeness (QED) is 0.452. The summed E-state index contributed by atoms with van der Waals surface area (Å²) in [7, 11) is 0. The van der Waals surface area contributed by atoms with E-state index in [4.69, 9.17) is 16.3 Å². The second kappa shape index (κ2) is 8.89. The lowest BCUT2D eigenvalue weighted by molar-refractivity contribution is -0.0248. The highest BCUT2D eigenvalue weighted by atomic mass is 127. The number of nitrogens with one attached hydrogen (secondary N) is 2. The van der Waals surface area contributed by atoms with E-state index in [1.807, 2.05) is 0 Å². The van der Waals surface area contributed by atoms with E-state index in [-0.39, 0.29) is 0 Å². The van der Waals surface area contributed by atoms with Gasteiger partial charge in [0.25, 0.3) is 0 Å². The Morgan fingerprint density at radius 1 is 1.19 bits per heavy atom. The summed E-state index contributed by atoms with van der Waals surface area (Å²) in [4.78, 5) is 8.80. The molecule has 0 radical (unpaired) electrons. The van der Waals surface area contributed by atoms with Gasteiger partial charge in [-0.05, 0) is 36.5 Å². The molecule has 0 saturated carbocycles. The molecule has 3 heterocycles. The number of rotatable bonds is 6. The summed E-state index contributed by atoms with van der Waals surface area (Å²) < 4.78 is 7.56. The minimum atomic E-state index is 0.526. The van der Waals surface area contributed by atoms with E-state index in [0.717, 1.165) is 38.5 Å². The number of halogens is 2. The molecule has 6 nitrogen and oxygen atoms in total. The average Bonchev–Trinajstić information content (AvgIpc) is 2.64. The summed E-state index contributed by atoms with van der Waals surface area (Å²) in [5.41, 5.74) is 2.39. The zero-order valence-corrected chi connectivity index (χ0v) is 17.9. The van der Waals surface area contributed by atoms with Gasteiger partial charge in [0.1, 0.15) is 5.02 Å². The Balaban J connectivity index is 1.38. The number of aromatic nitrogens is 2. The molecule has 144 valence electrons. The van der Waals surface area contributed by atoms with Gasteiger partial charge < -0.3 is 15.4 Å². The van der Waals surface area contributed by atoms with Crippen molar-refractivity contribution < 1.29 is 4.74 Å². The van der Waals surface area contributed by atoms with Gasteiger partial charge in [-0.1, -0.05) is 23.7 Å². The minimum absolute atomic E-state index is 0.526. The molecule has 2 saturated heterocycles. The first-order valence-electron chi connectivity index (χ1n) is 9.29. The van der Waals surface area contributed by atoms with Crippen molar-refractivity contribution in [2.24, 2.45) is 5.92 Å². The van der Waals surface area contributed by atoms with E-state index in [1.165, 1.54) is 18.4 Å². The van der Waals surface area contributed by atoms with Gasteiger partial charge in [-0.25, -0.2) is 8.10 Å². The van der Waals surface area contributed by atoms with Crippen LogP contribution in [0.5, 0.6) is 0 Å². The highest BCUT2D eigenvalue weighted by Gasteiger charge is 2.20. The van der Waals surface area contributed by atoms with E-state index in [1.54, 1.807) is 6.20 Å². The van der Waals surface area contributed by atoms with Crippen molar-refractivity contribution in [2.75, 3.05) is 43.5 Å². The fourth-order valence-electron chi connectivity index (χ4n) is 3.34. The molecular formula is C19H23ClIN5O. The Morgan fingerprint density at radius 3 is 2.59 bits per heavy atom. The molecule has 4 rings (SSSR count). The van der Waals surface area contributed by atoms with Crippen LogP contribution in [-0.2, 0) is 4.74 Å². The van der Waals surface area contributed by atoms with Gasteiger partial charge >= 0.3 is 0 Å². The van der Waals surface area contributed by atoms with Crippen molar-refractivity contribution in [2.45, 2.75) is 18.8 Å². The second-order valence-corrected chi connectivity index (χ2v) is 8.88. The summed E-state index contributed by atoms with van der Waals surface area (Å²) in [6, 6.07) is 8.62. The molecule has 2 fully saturated rings. The monoisotopic (exact) mass is 499 g/mol. The van der Waals surface area contributed by atoms with E-state index in [2.05, 4.69) is 70.8 Å². The van der Waals surface area contributed by atoms with Gasteiger partial charge in [0.15, 0.2) is 5.82 Å². The molecule has 2 aromatic rings. The van der Waals surface area contributed by atoms with Crippen LogP contribution in [0.25, 0.3) is 0 Å². The lowest BCUT2D eigenvalue weighted by atomic mass is 9.90. The molecule has 1 aromatic heterocycles. The standard InChI is InChI=1S/C19H23ClIN5O/c20-17-10-23-19(25-18(17)22-9-13-11-27-12-13)24-16-3-1-14(2-4-16)15-5-7-26(21)8-6-15/h1-4,10,13,15H,5-9,11-12H2,(H2,22,23,24,25). The molecule has 2 aliphatic heterocycles. The number of hydrogen-bond acceptors (Lipinski definition) is 6. The van der Waals surface area contributed by atoms with E-state index in [0.29, 0.717) is 28.6 Å². The molecule has 27 heavy (non-hydrogen) atoms. The van der Waals surface area contributed by atoms with Crippen LogP contribution in [0.1, 0.15) is 24.3 Å².